The van der Waals surface area contributed by atoms with Gasteiger partial charge in [-0.05, 0) is 12.1 Å². The molecule has 0 amide bonds. The molecule has 0 atom stereocenters. The van der Waals surface area contributed by atoms with Crippen molar-refractivity contribution in [3.63, 3.8) is 0 Å². The number of hydrogen-bond donors (Lipinski definition) is 0. The molecule has 2 rings (SSSR count). The van der Waals surface area contributed by atoms with Crippen LogP contribution in [0.15, 0.2) is 33.5 Å². The molecule has 0 aromatic carbocycles. The number of rotatable bonds is 2. The maximum absolute atomic E-state index is 10.2. The van der Waals surface area contributed by atoms with Gasteiger partial charge >= 0.3 is 0 Å². The van der Waals surface area contributed by atoms with Gasteiger partial charge in [0.25, 0.3) is 5.89 Å². The topological polar surface area (TPSA) is 56.2 Å². The molecule has 0 bridgehead atoms. The summed E-state index contributed by atoms with van der Waals surface area (Å²) in [5.74, 6) is 0.647. The van der Waals surface area contributed by atoms with E-state index in [1.807, 2.05) is 0 Å². The van der Waals surface area contributed by atoms with Gasteiger partial charge in [-0.3, -0.25) is 4.79 Å². The predicted octanol–water partition coefficient (Wildman–Crippen LogP) is 1.75. The molecule has 0 saturated heterocycles. The summed E-state index contributed by atoms with van der Waals surface area (Å²) >= 11 is 0. The molecule has 60 valence electrons. The lowest BCUT2D eigenvalue weighted by Crippen LogP contribution is -1.77. The minimum absolute atomic E-state index is 0.0569. The summed E-state index contributed by atoms with van der Waals surface area (Å²) in [6.45, 7) is 0. The Kier molecular flexibility index (Phi) is 1.51. The molecule has 0 saturated carbocycles. The zero-order chi connectivity index (χ0) is 8.39. The molecule has 2 aromatic rings. The molecule has 0 aliphatic carbocycles. The molecule has 0 fully saturated rings. The van der Waals surface area contributed by atoms with Crippen LogP contribution in [0, 0.1) is 0 Å². The standard InChI is InChI=1S/C8H5NO3/c10-4-8-9-6(5-12-8)7-2-1-3-11-7/h1-5H. The number of aromatic nitrogens is 1. The van der Waals surface area contributed by atoms with Crippen LogP contribution in [0.3, 0.4) is 0 Å². The minimum atomic E-state index is 0.0569. The van der Waals surface area contributed by atoms with E-state index < -0.39 is 0 Å². The third-order valence-corrected chi connectivity index (χ3v) is 1.40. The van der Waals surface area contributed by atoms with Crippen molar-refractivity contribution in [3.05, 3.63) is 30.5 Å². The minimum Gasteiger partial charge on any atom is -0.463 e. The van der Waals surface area contributed by atoms with E-state index in [1.54, 1.807) is 12.1 Å². The number of carbonyl (C=O) groups excluding carboxylic acids is 1. The summed E-state index contributed by atoms with van der Waals surface area (Å²) in [4.78, 5) is 14.0. The van der Waals surface area contributed by atoms with Gasteiger partial charge in [-0.15, -0.1) is 0 Å². The van der Waals surface area contributed by atoms with Gasteiger partial charge in [0.1, 0.15) is 12.0 Å². The number of nitrogens with zero attached hydrogens (tertiary/aromatic N) is 1. The van der Waals surface area contributed by atoms with Crippen LogP contribution in [0.1, 0.15) is 10.7 Å². The summed E-state index contributed by atoms with van der Waals surface area (Å²) in [6, 6.07) is 3.48. The van der Waals surface area contributed by atoms with Crippen LogP contribution in [-0.2, 0) is 0 Å². The number of oxazole rings is 1. The Hall–Kier alpha value is -1.84. The lowest BCUT2D eigenvalue weighted by molar-refractivity contribution is 0.109. The first-order chi connectivity index (χ1) is 5.90. The van der Waals surface area contributed by atoms with Crippen LogP contribution < -0.4 is 0 Å². The smallest absolute Gasteiger partial charge is 0.260 e. The van der Waals surface area contributed by atoms with E-state index in [9.17, 15) is 4.79 Å². The van der Waals surface area contributed by atoms with Gasteiger partial charge in [-0.1, -0.05) is 0 Å². The van der Waals surface area contributed by atoms with E-state index in [1.165, 1.54) is 12.5 Å². The lowest BCUT2D eigenvalue weighted by atomic mass is 10.4. The van der Waals surface area contributed by atoms with E-state index in [0.717, 1.165) is 0 Å². The highest BCUT2D eigenvalue weighted by molar-refractivity contribution is 5.69. The Balaban J connectivity index is 2.41. The van der Waals surface area contributed by atoms with E-state index in [4.69, 9.17) is 8.83 Å². The van der Waals surface area contributed by atoms with Gasteiger partial charge in [0, 0.05) is 0 Å². The van der Waals surface area contributed by atoms with Crippen molar-refractivity contribution < 1.29 is 13.6 Å². The Morgan fingerprint density at radius 2 is 2.33 bits per heavy atom. The maximum Gasteiger partial charge on any atom is 0.260 e. The van der Waals surface area contributed by atoms with Crippen molar-refractivity contribution in [1.29, 1.82) is 0 Å². The highest BCUT2D eigenvalue weighted by Crippen LogP contribution is 2.17. The van der Waals surface area contributed by atoms with Crippen molar-refractivity contribution in [2.24, 2.45) is 0 Å². The van der Waals surface area contributed by atoms with Gasteiger partial charge in [0.15, 0.2) is 5.76 Å². The van der Waals surface area contributed by atoms with E-state index in [2.05, 4.69) is 4.98 Å². The average molecular weight is 163 g/mol. The van der Waals surface area contributed by atoms with Crippen LogP contribution in [0.5, 0.6) is 0 Å². The summed E-state index contributed by atoms with van der Waals surface area (Å²) in [5.41, 5.74) is 0.530. The number of hydrogen-bond acceptors (Lipinski definition) is 4. The monoisotopic (exact) mass is 163 g/mol. The molecular formula is C8H5NO3. The Labute approximate surface area is 67.8 Å². The Morgan fingerprint density at radius 3 is 2.92 bits per heavy atom. The molecule has 0 aliphatic rings. The normalized spacial score (nSPS) is 10.0. The maximum atomic E-state index is 10.2. The zero-order valence-electron chi connectivity index (χ0n) is 6.06. The van der Waals surface area contributed by atoms with Gasteiger partial charge in [0.05, 0.1) is 6.26 Å². The highest BCUT2D eigenvalue weighted by atomic mass is 16.4. The first-order valence-corrected chi connectivity index (χ1v) is 3.35. The number of furan rings is 1. The van der Waals surface area contributed by atoms with E-state index in [0.29, 0.717) is 17.7 Å². The summed E-state index contributed by atoms with van der Waals surface area (Å²) < 4.78 is 9.84. The third kappa shape index (κ3) is 1.03. The molecule has 4 nitrogen and oxygen atoms in total. The number of carbonyl (C=O) groups is 1. The second-order valence-electron chi connectivity index (χ2n) is 2.17. The number of aldehydes is 1. The molecule has 12 heavy (non-hydrogen) atoms. The molecular weight excluding hydrogens is 158 g/mol. The van der Waals surface area contributed by atoms with Gasteiger partial charge in [-0.25, -0.2) is 4.98 Å². The van der Waals surface area contributed by atoms with Gasteiger partial charge in [-0.2, -0.15) is 0 Å². The fourth-order valence-corrected chi connectivity index (χ4v) is 0.879. The third-order valence-electron chi connectivity index (χ3n) is 1.40. The molecule has 2 aromatic heterocycles. The first-order valence-electron chi connectivity index (χ1n) is 3.35. The van der Waals surface area contributed by atoms with Crippen molar-refractivity contribution in [1.82, 2.24) is 4.98 Å². The fourth-order valence-electron chi connectivity index (χ4n) is 0.879. The molecule has 0 unspecified atom stereocenters. The van der Waals surface area contributed by atoms with Gasteiger partial charge in [0.2, 0.25) is 6.29 Å². The van der Waals surface area contributed by atoms with Crippen LogP contribution in [-0.4, -0.2) is 11.3 Å². The molecule has 0 aliphatic heterocycles. The van der Waals surface area contributed by atoms with Crippen molar-refractivity contribution >= 4 is 6.29 Å². The zero-order valence-corrected chi connectivity index (χ0v) is 6.06. The second-order valence-corrected chi connectivity index (χ2v) is 2.17. The predicted molar refractivity (Wildman–Crippen MR) is 39.6 cm³/mol. The second kappa shape index (κ2) is 2.65. The van der Waals surface area contributed by atoms with Crippen molar-refractivity contribution in [2.45, 2.75) is 0 Å². The molecule has 4 heteroatoms. The fraction of sp³-hybridized carbons (Fsp3) is 0. The SMILES string of the molecule is O=Cc1nc(-c2ccco2)co1. The van der Waals surface area contributed by atoms with Crippen LogP contribution in [0.25, 0.3) is 11.5 Å². The highest BCUT2D eigenvalue weighted by Gasteiger charge is 2.06. The van der Waals surface area contributed by atoms with Crippen molar-refractivity contribution in [3.8, 4) is 11.5 Å². The van der Waals surface area contributed by atoms with E-state index >= 15 is 0 Å². The molecule has 2 heterocycles. The molecule has 0 N–H and O–H groups in total. The average Bonchev–Trinajstić information content (AvgIpc) is 2.75. The quantitative estimate of drug-likeness (QED) is 0.633. The summed E-state index contributed by atoms with van der Waals surface area (Å²) in [6.07, 6.45) is 3.46. The molecule has 0 spiro atoms. The summed E-state index contributed by atoms with van der Waals surface area (Å²) in [7, 11) is 0. The Bertz CT molecular complexity index is 375. The largest absolute Gasteiger partial charge is 0.463 e. The molecule has 0 radical (unpaired) electrons. The summed E-state index contributed by atoms with van der Waals surface area (Å²) in [5, 5.41) is 0. The van der Waals surface area contributed by atoms with Crippen molar-refractivity contribution in [2.75, 3.05) is 0 Å². The first kappa shape index (κ1) is 6.84. The van der Waals surface area contributed by atoms with Crippen LogP contribution in [0.2, 0.25) is 0 Å². The van der Waals surface area contributed by atoms with Gasteiger partial charge < -0.3 is 8.83 Å². The van der Waals surface area contributed by atoms with E-state index in [-0.39, 0.29) is 5.89 Å². The van der Waals surface area contributed by atoms with Crippen LogP contribution >= 0.6 is 0 Å². The Morgan fingerprint density at radius 1 is 1.42 bits per heavy atom. The lowest BCUT2D eigenvalue weighted by Gasteiger charge is -1.82. The van der Waals surface area contributed by atoms with Crippen LogP contribution in [0.4, 0.5) is 0 Å².